The Morgan fingerprint density at radius 1 is 1.42 bits per heavy atom. The molecule has 6 heteroatoms. The average molecular weight is 263 g/mol. The maximum absolute atomic E-state index is 13.6. The minimum Gasteiger partial charge on any atom is -0.475 e. The molecule has 1 N–H and O–H groups in total. The van der Waals surface area contributed by atoms with Gasteiger partial charge in [-0.05, 0) is 24.6 Å². The van der Waals surface area contributed by atoms with Crippen LogP contribution in [0, 0.1) is 12.7 Å². The van der Waals surface area contributed by atoms with E-state index in [1.54, 1.807) is 19.1 Å². The molecule has 0 spiro atoms. The third-order valence-electron chi connectivity index (χ3n) is 2.74. The monoisotopic (exact) mass is 263 g/mol. The number of rotatable bonds is 3. The third kappa shape index (κ3) is 2.47. The molecule has 1 aromatic carbocycles. The topological polar surface area (TPSA) is 68.0 Å². The second kappa shape index (κ2) is 4.79. The number of aryl methyl sites for hydroxylation is 1. The molecule has 5 nitrogen and oxygen atoms in total. The van der Waals surface area contributed by atoms with Crippen LogP contribution in [0.1, 0.15) is 41.8 Å². The van der Waals surface area contributed by atoms with Crippen molar-refractivity contribution in [1.29, 1.82) is 0 Å². The van der Waals surface area contributed by atoms with Crippen molar-refractivity contribution in [2.75, 3.05) is 0 Å². The average Bonchev–Trinajstić information content (AvgIpc) is 2.78. The minimum absolute atomic E-state index is 0.0232. The predicted molar refractivity (Wildman–Crippen MR) is 67.1 cm³/mol. The summed E-state index contributed by atoms with van der Waals surface area (Å²) in [4.78, 5) is 14.9. The Kier molecular flexibility index (Phi) is 3.33. The fourth-order valence-electron chi connectivity index (χ4n) is 1.69. The normalized spacial score (nSPS) is 11.0. The van der Waals surface area contributed by atoms with Crippen molar-refractivity contribution >= 4 is 5.97 Å². The number of carboxylic acid groups (broad SMARTS) is 1. The first-order valence-corrected chi connectivity index (χ1v) is 5.87. The standard InChI is InChI=1S/C13H14FN3O2/c1-7(2)12-15-11(13(18)19)16-17(12)9-5-4-8(3)10(14)6-9/h4-7H,1-3H3,(H,18,19). The zero-order valence-corrected chi connectivity index (χ0v) is 10.9. The largest absolute Gasteiger partial charge is 0.475 e. The lowest BCUT2D eigenvalue weighted by atomic mass is 10.2. The predicted octanol–water partition coefficient (Wildman–Crippen LogP) is 2.54. The number of halogens is 1. The number of hydrogen-bond donors (Lipinski definition) is 1. The number of benzene rings is 1. The maximum Gasteiger partial charge on any atom is 0.375 e. The fraction of sp³-hybridized carbons (Fsp3) is 0.308. The highest BCUT2D eigenvalue weighted by atomic mass is 19.1. The van der Waals surface area contributed by atoms with Gasteiger partial charge in [0, 0.05) is 5.92 Å². The van der Waals surface area contributed by atoms with E-state index in [4.69, 9.17) is 5.11 Å². The molecular formula is C13H14FN3O2. The summed E-state index contributed by atoms with van der Waals surface area (Å²) in [6.45, 7) is 5.40. The molecule has 19 heavy (non-hydrogen) atoms. The summed E-state index contributed by atoms with van der Waals surface area (Å²) in [6.07, 6.45) is 0. The molecule has 2 aromatic rings. The van der Waals surface area contributed by atoms with Gasteiger partial charge in [0.2, 0.25) is 0 Å². The van der Waals surface area contributed by atoms with E-state index in [0.29, 0.717) is 17.1 Å². The lowest BCUT2D eigenvalue weighted by Crippen LogP contribution is -2.05. The van der Waals surface area contributed by atoms with Crippen molar-refractivity contribution in [2.24, 2.45) is 0 Å². The maximum atomic E-state index is 13.6. The molecule has 2 rings (SSSR count). The van der Waals surface area contributed by atoms with Gasteiger partial charge in [0.15, 0.2) is 0 Å². The van der Waals surface area contributed by atoms with E-state index in [1.165, 1.54) is 10.7 Å². The minimum atomic E-state index is -1.20. The zero-order chi connectivity index (χ0) is 14.2. The quantitative estimate of drug-likeness (QED) is 0.924. The van der Waals surface area contributed by atoms with Crippen LogP contribution in [0.15, 0.2) is 18.2 Å². The molecule has 0 unspecified atom stereocenters. The van der Waals surface area contributed by atoms with Crippen molar-refractivity contribution in [1.82, 2.24) is 14.8 Å². The summed E-state index contributed by atoms with van der Waals surface area (Å²) in [7, 11) is 0. The molecule has 100 valence electrons. The molecule has 0 amide bonds. The second-order valence-electron chi connectivity index (χ2n) is 4.60. The summed E-state index contributed by atoms with van der Waals surface area (Å²) in [6, 6.07) is 4.63. The van der Waals surface area contributed by atoms with E-state index in [1.807, 2.05) is 13.8 Å². The van der Waals surface area contributed by atoms with Crippen LogP contribution in [-0.2, 0) is 0 Å². The lowest BCUT2D eigenvalue weighted by Gasteiger charge is -2.08. The van der Waals surface area contributed by atoms with Crippen LogP contribution in [-0.4, -0.2) is 25.8 Å². The first kappa shape index (κ1) is 13.2. The SMILES string of the molecule is Cc1ccc(-n2nc(C(=O)O)nc2C(C)C)cc1F. The number of hydrogen-bond acceptors (Lipinski definition) is 3. The van der Waals surface area contributed by atoms with Gasteiger partial charge in [0.25, 0.3) is 5.82 Å². The Hall–Kier alpha value is -2.24. The van der Waals surface area contributed by atoms with Crippen LogP contribution in [0.5, 0.6) is 0 Å². The van der Waals surface area contributed by atoms with Crippen molar-refractivity contribution in [3.05, 3.63) is 41.2 Å². The van der Waals surface area contributed by atoms with Crippen molar-refractivity contribution in [2.45, 2.75) is 26.7 Å². The highest BCUT2D eigenvalue weighted by molar-refractivity contribution is 5.83. The summed E-state index contributed by atoms with van der Waals surface area (Å²) in [5.74, 6) is -1.39. The van der Waals surface area contributed by atoms with E-state index in [-0.39, 0.29) is 17.6 Å². The number of carbonyl (C=O) groups is 1. The van der Waals surface area contributed by atoms with Crippen LogP contribution < -0.4 is 0 Å². The molecule has 0 radical (unpaired) electrons. The first-order valence-electron chi connectivity index (χ1n) is 5.87. The van der Waals surface area contributed by atoms with E-state index in [9.17, 15) is 9.18 Å². The smallest absolute Gasteiger partial charge is 0.375 e. The Bertz CT molecular complexity index is 635. The van der Waals surface area contributed by atoms with Gasteiger partial charge in [-0.25, -0.2) is 18.9 Å². The number of aromatic carboxylic acids is 1. The number of aromatic nitrogens is 3. The molecular weight excluding hydrogens is 249 g/mol. The van der Waals surface area contributed by atoms with E-state index < -0.39 is 5.97 Å². The first-order chi connectivity index (χ1) is 8.90. The molecule has 0 aliphatic carbocycles. The second-order valence-corrected chi connectivity index (χ2v) is 4.60. The van der Waals surface area contributed by atoms with Crippen molar-refractivity contribution in [3.63, 3.8) is 0 Å². The van der Waals surface area contributed by atoms with E-state index >= 15 is 0 Å². The molecule has 1 aromatic heterocycles. The van der Waals surface area contributed by atoms with Gasteiger partial charge >= 0.3 is 5.97 Å². The van der Waals surface area contributed by atoms with Crippen molar-refractivity contribution < 1.29 is 14.3 Å². The lowest BCUT2D eigenvalue weighted by molar-refractivity contribution is 0.0683. The van der Waals surface area contributed by atoms with Gasteiger partial charge < -0.3 is 5.11 Å². The van der Waals surface area contributed by atoms with Crippen LogP contribution in [0.25, 0.3) is 5.69 Å². The molecule has 0 aliphatic heterocycles. The van der Waals surface area contributed by atoms with E-state index in [0.717, 1.165) is 0 Å². The summed E-state index contributed by atoms with van der Waals surface area (Å²) >= 11 is 0. The summed E-state index contributed by atoms with van der Waals surface area (Å²) in [5.41, 5.74) is 0.986. The molecule has 0 fully saturated rings. The van der Waals surface area contributed by atoms with Crippen molar-refractivity contribution in [3.8, 4) is 5.69 Å². The Balaban J connectivity index is 2.59. The highest BCUT2D eigenvalue weighted by Gasteiger charge is 2.19. The molecule has 0 bridgehead atoms. The highest BCUT2D eigenvalue weighted by Crippen LogP contribution is 2.19. The number of nitrogens with zero attached hydrogens (tertiary/aromatic N) is 3. The summed E-state index contributed by atoms with van der Waals surface area (Å²) < 4.78 is 15.0. The van der Waals surface area contributed by atoms with Gasteiger partial charge in [0.05, 0.1) is 5.69 Å². The van der Waals surface area contributed by atoms with E-state index in [2.05, 4.69) is 10.1 Å². The molecule has 0 atom stereocenters. The molecule has 0 aliphatic rings. The van der Waals surface area contributed by atoms with Gasteiger partial charge in [-0.3, -0.25) is 0 Å². The van der Waals surface area contributed by atoms with Gasteiger partial charge in [-0.2, -0.15) is 0 Å². The number of carboxylic acids is 1. The van der Waals surface area contributed by atoms with Crippen LogP contribution in [0.4, 0.5) is 4.39 Å². The van der Waals surface area contributed by atoms with Gasteiger partial charge in [-0.15, -0.1) is 5.10 Å². The molecule has 1 heterocycles. The van der Waals surface area contributed by atoms with Gasteiger partial charge in [-0.1, -0.05) is 19.9 Å². The van der Waals surface area contributed by atoms with Crippen LogP contribution >= 0.6 is 0 Å². The molecule has 0 saturated carbocycles. The third-order valence-corrected chi connectivity index (χ3v) is 2.74. The fourth-order valence-corrected chi connectivity index (χ4v) is 1.69. The Morgan fingerprint density at radius 2 is 2.11 bits per heavy atom. The van der Waals surface area contributed by atoms with Crippen LogP contribution in [0.2, 0.25) is 0 Å². The Morgan fingerprint density at radius 3 is 2.63 bits per heavy atom. The summed E-state index contributed by atoms with van der Waals surface area (Å²) in [5, 5.41) is 12.8. The molecule has 0 saturated heterocycles. The Labute approximate surface area is 109 Å². The van der Waals surface area contributed by atoms with Gasteiger partial charge in [0.1, 0.15) is 11.6 Å². The van der Waals surface area contributed by atoms with Crippen LogP contribution in [0.3, 0.4) is 0 Å². The zero-order valence-electron chi connectivity index (χ0n) is 10.9.